The minimum atomic E-state index is -3.46. The summed E-state index contributed by atoms with van der Waals surface area (Å²) in [6.45, 7) is 4.10. The van der Waals surface area contributed by atoms with E-state index in [1.165, 1.54) is 5.56 Å². The van der Waals surface area contributed by atoms with E-state index >= 15 is 0 Å². The van der Waals surface area contributed by atoms with Gasteiger partial charge in [0.25, 0.3) is 0 Å². The SMILES string of the molecule is CCn1c(CSCc2cccc(OC)c2)nc2cc(S(=O)(=O)N3CCCCC3)ccc21. The number of nitrogens with zero attached hydrogens (tertiary/aromatic N) is 3. The molecule has 8 heteroatoms. The topological polar surface area (TPSA) is 64.4 Å². The fourth-order valence-electron chi connectivity index (χ4n) is 4.06. The first-order valence-electron chi connectivity index (χ1n) is 10.7. The third kappa shape index (κ3) is 4.76. The fourth-order valence-corrected chi connectivity index (χ4v) is 6.52. The van der Waals surface area contributed by atoms with Gasteiger partial charge < -0.3 is 9.30 Å². The molecule has 1 aliphatic heterocycles. The minimum absolute atomic E-state index is 0.346. The lowest BCUT2D eigenvalue weighted by atomic mass is 10.2. The molecule has 0 N–H and O–H groups in total. The summed E-state index contributed by atoms with van der Waals surface area (Å²) in [4.78, 5) is 5.15. The highest BCUT2D eigenvalue weighted by molar-refractivity contribution is 7.97. The number of aromatic nitrogens is 2. The number of methoxy groups -OCH3 is 1. The number of aryl methyl sites for hydroxylation is 1. The molecule has 0 bridgehead atoms. The van der Waals surface area contributed by atoms with Gasteiger partial charge in [0, 0.05) is 25.4 Å². The van der Waals surface area contributed by atoms with E-state index in [-0.39, 0.29) is 0 Å². The second-order valence-electron chi connectivity index (χ2n) is 7.73. The van der Waals surface area contributed by atoms with Gasteiger partial charge >= 0.3 is 0 Å². The number of hydrogen-bond donors (Lipinski definition) is 0. The summed E-state index contributed by atoms with van der Waals surface area (Å²) >= 11 is 1.79. The molecule has 0 atom stereocenters. The molecule has 0 amide bonds. The van der Waals surface area contributed by atoms with Crippen LogP contribution in [0.5, 0.6) is 5.75 Å². The van der Waals surface area contributed by atoms with Crippen molar-refractivity contribution >= 4 is 32.8 Å². The van der Waals surface area contributed by atoms with Crippen molar-refractivity contribution in [3.8, 4) is 5.75 Å². The first-order chi connectivity index (χ1) is 15.0. The molecule has 3 aromatic rings. The summed E-state index contributed by atoms with van der Waals surface area (Å²) in [5.41, 5.74) is 2.94. The van der Waals surface area contributed by atoms with Crippen LogP contribution in [-0.2, 0) is 28.1 Å². The Morgan fingerprint density at radius 1 is 1.06 bits per heavy atom. The summed E-state index contributed by atoms with van der Waals surface area (Å²) in [6, 6.07) is 13.5. The van der Waals surface area contributed by atoms with E-state index in [1.54, 1.807) is 35.3 Å². The number of thioether (sulfide) groups is 1. The number of imidazole rings is 1. The highest BCUT2D eigenvalue weighted by Gasteiger charge is 2.26. The molecule has 0 radical (unpaired) electrons. The molecule has 2 heterocycles. The highest BCUT2D eigenvalue weighted by Crippen LogP contribution is 2.27. The first-order valence-corrected chi connectivity index (χ1v) is 13.3. The predicted octanol–water partition coefficient (Wildman–Crippen LogP) is 4.67. The lowest BCUT2D eigenvalue weighted by Gasteiger charge is -2.25. The Morgan fingerprint density at radius 3 is 2.61 bits per heavy atom. The Kier molecular flexibility index (Phi) is 6.89. The summed E-state index contributed by atoms with van der Waals surface area (Å²) in [5, 5.41) is 0. The Balaban J connectivity index is 1.54. The van der Waals surface area contributed by atoms with Crippen molar-refractivity contribution in [3.63, 3.8) is 0 Å². The van der Waals surface area contributed by atoms with E-state index in [0.717, 1.165) is 59.9 Å². The minimum Gasteiger partial charge on any atom is -0.497 e. The van der Waals surface area contributed by atoms with E-state index < -0.39 is 10.0 Å². The van der Waals surface area contributed by atoms with Crippen LogP contribution in [-0.4, -0.2) is 42.5 Å². The quantitative estimate of drug-likeness (QED) is 0.490. The van der Waals surface area contributed by atoms with Gasteiger partial charge in [0.05, 0.1) is 28.8 Å². The predicted molar refractivity (Wildman–Crippen MR) is 126 cm³/mol. The maximum absolute atomic E-state index is 13.1. The van der Waals surface area contributed by atoms with Crippen LogP contribution in [0, 0.1) is 0 Å². The Labute approximate surface area is 188 Å². The lowest BCUT2D eigenvalue weighted by molar-refractivity contribution is 0.346. The number of ether oxygens (including phenoxy) is 1. The normalized spacial score (nSPS) is 15.4. The highest BCUT2D eigenvalue weighted by atomic mass is 32.2. The molecule has 0 aliphatic carbocycles. The maximum Gasteiger partial charge on any atom is 0.243 e. The summed E-state index contributed by atoms with van der Waals surface area (Å²) in [6.07, 6.45) is 2.96. The van der Waals surface area contributed by atoms with E-state index in [0.29, 0.717) is 18.0 Å². The van der Waals surface area contributed by atoms with Gasteiger partial charge in [-0.05, 0) is 55.7 Å². The van der Waals surface area contributed by atoms with Crippen LogP contribution in [0.3, 0.4) is 0 Å². The maximum atomic E-state index is 13.1. The van der Waals surface area contributed by atoms with E-state index in [4.69, 9.17) is 9.72 Å². The van der Waals surface area contributed by atoms with Crippen molar-refractivity contribution in [2.45, 2.75) is 49.1 Å². The molecule has 31 heavy (non-hydrogen) atoms. The number of rotatable bonds is 8. The third-order valence-corrected chi connectivity index (χ3v) is 8.60. The van der Waals surface area contributed by atoms with Crippen LogP contribution in [0.25, 0.3) is 11.0 Å². The average Bonchev–Trinajstić information content (AvgIpc) is 3.16. The first kappa shape index (κ1) is 22.2. The van der Waals surface area contributed by atoms with Crippen LogP contribution in [0.1, 0.15) is 37.6 Å². The van der Waals surface area contributed by atoms with Gasteiger partial charge in [0.1, 0.15) is 11.6 Å². The Morgan fingerprint density at radius 2 is 1.87 bits per heavy atom. The van der Waals surface area contributed by atoms with Crippen molar-refractivity contribution in [2.24, 2.45) is 0 Å². The van der Waals surface area contributed by atoms with E-state index in [2.05, 4.69) is 17.6 Å². The summed E-state index contributed by atoms with van der Waals surface area (Å²) in [5.74, 6) is 3.45. The van der Waals surface area contributed by atoms with Gasteiger partial charge in [-0.25, -0.2) is 13.4 Å². The summed E-state index contributed by atoms with van der Waals surface area (Å²) in [7, 11) is -1.78. The van der Waals surface area contributed by atoms with Gasteiger partial charge in [-0.3, -0.25) is 0 Å². The molecule has 1 fully saturated rings. The van der Waals surface area contributed by atoms with Crippen molar-refractivity contribution in [2.75, 3.05) is 20.2 Å². The Bertz CT molecular complexity index is 1150. The van der Waals surface area contributed by atoms with Gasteiger partial charge in [-0.2, -0.15) is 4.31 Å². The molecule has 1 aromatic heterocycles. The van der Waals surface area contributed by atoms with Crippen LogP contribution >= 0.6 is 11.8 Å². The van der Waals surface area contributed by atoms with Crippen LogP contribution < -0.4 is 4.74 Å². The van der Waals surface area contributed by atoms with Crippen LogP contribution in [0.15, 0.2) is 47.4 Å². The Hall–Kier alpha value is -2.03. The zero-order valence-electron chi connectivity index (χ0n) is 18.1. The fraction of sp³-hybridized carbons (Fsp3) is 0.435. The van der Waals surface area contributed by atoms with Crippen molar-refractivity contribution in [3.05, 3.63) is 53.9 Å². The molecule has 6 nitrogen and oxygen atoms in total. The van der Waals surface area contributed by atoms with Crippen molar-refractivity contribution < 1.29 is 13.2 Å². The molecule has 166 valence electrons. The molecule has 0 spiro atoms. The molecule has 1 aliphatic rings. The van der Waals surface area contributed by atoms with Gasteiger partial charge in [0.2, 0.25) is 10.0 Å². The average molecular weight is 460 g/mol. The van der Waals surface area contributed by atoms with Crippen LogP contribution in [0.4, 0.5) is 0 Å². The third-order valence-electron chi connectivity index (χ3n) is 5.70. The lowest BCUT2D eigenvalue weighted by Crippen LogP contribution is -2.35. The standard InChI is InChI=1S/C23H29N3O3S2/c1-3-26-22-11-10-20(31(27,28)25-12-5-4-6-13-25)15-21(22)24-23(26)17-30-16-18-8-7-9-19(14-18)29-2/h7-11,14-15H,3-6,12-13,16-17H2,1-2H3. The molecular weight excluding hydrogens is 430 g/mol. The molecule has 4 rings (SSSR count). The van der Waals surface area contributed by atoms with Crippen molar-refractivity contribution in [1.29, 1.82) is 0 Å². The largest absolute Gasteiger partial charge is 0.497 e. The van der Waals surface area contributed by atoms with Gasteiger partial charge in [-0.15, -0.1) is 11.8 Å². The zero-order valence-corrected chi connectivity index (χ0v) is 19.7. The number of benzene rings is 2. The van der Waals surface area contributed by atoms with Crippen LogP contribution in [0.2, 0.25) is 0 Å². The van der Waals surface area contributed by atoms with E-state index in [1.807, 2.05) is 24.3 Å². The second kappa shape index (κ2) is 9.63. The molecular formula is C23H29N3O3S2. The number of piperidine rings is 1. The summed E-state index contributed by atoms with van der Waals surface area (Å²) < 4.78 is 35.2. The molecule has 2 aromatic carbocycles. The van der Waals surface area contributed by atoms with E-state index in [9.17, 15) is 8.42 Å². The number of sulfonamides is 1. The van der Waals surface area contributed by atoms with Crippen molar-refractivity contribution in [1.82, 2.24) is 13.9 Å². The van der Waals surface area contributed by atoms with Gasteiger partial charge in [-0.1, -0.05) is 18.6 Å². The molecule has 1 saturated heterocycles. The molecule has 0 unspecified atom stereocenters. The monoisotopic (exact) mass is 459 g/mol. The smallest absolute Gasteiger partial charge is 0.243 e. The number of hydrogen-bond acceptors (Lipinski definition) is 5. The number of fused-ring (bicyclic) bond motifs is 1. The zero-order chi connectivity index (χ0) is 21.8. The second-order valence-corrected chi connectivity index (χ2v) is 10.7. The molecule has 0 saturated carbocycles. The van der Waals surface area contributed by atoms with Gasteiger partial charge in [0.15, 0.2) is 0 Å².